The Labute approximate surface area is 102 Å². The topological polar surface area (TPSA) is 35.2 Å². The van der Waals surface area contributed by atoms with Gasteiger partial charge < -0.3 is 10.5 Å². The van der Waals surface area contributed by atoms with Gasteiger partial charge in [-0.05, 0) is 17.7 Å². The zero-order valence-corrected chi connectivity index (χ0v) is 9.80. The van der Waals surface area contributed by atoms with E-state index in [1.165, 1.54) is 0 Å². The van der Waals surface area contributed by atoms with Crippen molar-refractivity contribution in [3.8, 4) is 5.75 Å². The predicted octanol–water partition coefficient (Wildman–Crippen LogP) is 3.65. The van der Waals surface area contributed by atoms with Crippen LogP contribution < -0.4 is 10.5 Å². The fourth-order valence-corrected chi connectivity index (χ4v) is 1.35. The number of nitrogen functional groups attached to an aromatic ring is 1. The fourth-order valence-electron chi connectivity index (χ4n) is 1.35. The zero-order valence-electron chi connectivity index (χ0n) is 9.80. The van der Waals surface area contributed by atoms with Crippen LogP contribution in [0.4, 0.5) is 5.69 Å². The third-order valence-corrected chi connectivity index (χ3v) is 2.16. The van der Waals surface area contributed by atoms with Crippen LogP contribution in [0, 0.1) is 0 Å². The Morgan fingerprint density at radius 3 is 2.12 bits per heavy atom. The quantitative estimate of drug-likeness (QED) is 0.641. The minimum absolute atomic E-state index is 0.551. The lowest BCUT2D eigenvalue weighted by atomic mass is 10.2. The second-order valence-corrected chi connectivity index (χ2v) is 3.31. The molecule has 0 atom stereocenters. The van der Waals surface area contributed by atoms with E-state index in [0.717, 1.165) is 11.3 Å². The van der Waals surface area contributed by atoms with Crippen molar-refractivity contribution in [2.75, 3.05) is 5.73 Å². The van der Waals surface area contributed by atoms with Crippen LogP contribution in [-0.4, -0.2) is 0 Å². The summed E-state index contributed by atoms with van der Waals surface area (Å²) in [5, 5.41) is 0. The molecule has 2 heteroatoms. The molecule has 2 aromatic rings. The summed E-state index contributed by atoms with van der Waals surface area (Å²) in [5.74, 6) is 0.737. The Bertz CT molecular complexity index is 440. The minimum atomic E-state index is 0.551. The van der Waals surface area contributed by atoms with E-state index in [-0.39, 0.29) is 0 Å². The van der Waals surface area contributed by atoms with Crippen molar-refractivity contribution < 1.29 is 4.74 Å². The predicted molar refractivity (Wildman–Crippen MR) is 72.9 cm³/mol. The standard InChI is InChI=1S/C13H13NO.C2H4/c14-12-8-4-5-9-13(12)15-10-11-6-2-1-3-7-11;1-2/h1-9H,10,14H2;1-2H2. The van der Waals surface area contributed by atoms with Gasteiger partial charge in [-0.15, -0.1) is 13.2 Å². The van der Waals surface area contributed by atoms with Crippen LogP contribution in [0.2, 0.25) is 0 Å². The third kappa shape index (κ3) is 4.03. The average Bonchev–Trinajstić information content (AvgIpc) is 2.41. The van der Waals surface area contributed by atoms with Crippen molar-refractivity contribution in [1.29, 1.82) is 0 Å². The number of hydrogen-bond acceptors (Lipinski definition) is 2. The Hall–Kier alpha value is -2.22. The second kappa shape index (κ2) is 7.12. The molecular formula is C15H17NO. The van der Waals surface area contributed by atoms with Crippen molar-refractivity contribution in [2.24, 2.45) is 0 Å². The van der Waals surface area contributed by atoms with Crippen molar-refractivity contribution in [3.05, 3.63) is 73.3 Å². The summed E-state index contributed by atoms with van der Waals surface area (Å²) in [6.45, 7) is 6.55. The molecule has 88 valence electrons. The van der Waals surface area contributed by atoms with Crippen molar-refractivity contribution in [2.45, 2.75) is 6.61 Å². The van der Waals surface area contributed by atoms with Gasteiger partial charge in [-0.3, -0.25) is 0 Å². The maximum atomic E-state index is 5.76. The van der Waals surface area contributed by atoms with Crippen LogP contribution in [0.5, 0.6) is 5.75 Å². The Balaban J connectivity index is 0.000000686. The second-order valence-electron chi connectivity index (χ2n) is 3.31. The maximum absolute atomic E-state index is 5.76. The van der Waals surface area contributed by atoms with E-state index >= 15 is 0 Å². The van der Waals surface area contributed by atoms with E-state index in [4.69, 9.17) is 10.5 Å². The summed E-state index contributed by atoms with van der Waals surface area (Å²) in [6.07, 6.45) is 0. The molecule has 2 aromatic carbocycles. The largest absolute Gasteiger partial charge is 0.487 e. The maximum Gasteiger partial charge on any atom is 0.142 e. The molecule has 2 N–H and O–H groups in total. The molecule has 0 unspecified atom stereocenters. The zero-order chi connectivity index (χ0) is 12.5. The van der Waals surface area contributed by atoms with Crippen LogP contribution in [-0.2, 0) is 6.61 Å². The van der Waals surface area contributed by atoms with Crippen LogP contribution in [0.15, 0.2) is 67.8 Å². The monoisotopic (exact) mass is 227 g/mol. The molecule has 0 spiro atoms. The normalized spacial score (nSPS) is 8.94. The summed E-state index contributed by atoms with van der Waals surface area (Å²) >= 11 is 0. The average molecular weight is 227 g/mol. The first kappa shape index (κ1) is 12.8. The number of benzene rings is 2. The Morgan fingerprint density at radius 1 is 0.882 bits per heavy atom. The van der Waals surface area contributed by atoms with Gasteiger partial charge in [0.15, 0.2) is 0 Å². The summed E-state index contributed by atoms with van der Waals surface area (Å²) in [5.41, 5.74) is 7.57. The summed E-state index contributed by atoms with van der Waals surface area (Å²) in [4.78, 5) is 0. The molecule has 0 aliphatic rings. The van der Waals surface area contributed by atoms with Gasteiger partial charge in [-0.1, -0.05) is 42.5 Å². The molecule has 0 fully saturated rings. The molecule has 0 amide bonds. The van der Waals surface area contributed by atoms with Crippen LogP contribution >= 0.6 is 0 Å². The van der Waals surface area contributed by atoms with E-state index in [9.17, 15) is 0 Å². The van der Waals surface area contributed by atoms with Gasteiger partial charge in [-0.2, -0.15) is 0 Å². The molecule has 2 rings (SSSR count). The lowest BCUT2D eigenvalue weighted by Crippen LogP contribution is -1.97. The molecular weight excluding hydrogens is 210 g/mol. The highest BCUT2D eigenvalue weighted by atomic mass is 16.5. The first-order valence-electron chi connectivity index (χ1n) is 5.37. The van der Waals surface area contributed by atoms with Gasteiger partial charge in [0.1, 0.15) is 12.4 Å². The van der Waals surface area contributed by atoms with Gasteiger partial charge >= 0.3 is 0 Å². The van der Waals surface area contributed by atoms with Crippen LogP contribution in [0.1, 0.15) is 5.56 Å². The van der Waals surface area contributed by atoms with E-state index < -0.39 is 0 Å². The lowest BCUT2D eigenvalue weighted by Gasteiger charge is -2.08. The molecule has 0 saturated heterocycles. The number of nitrogens with two attached hydrogens (primary N) is 1. The van der Waals surface area contributed by atoms with Gasteiger partial charge in [0.05, 0.1) is 5.69 Å². The first-order valence-corrected chi connectivity index (χ1v) is 5.37. The van der Waals surface area contributed by atoms with Gasteiger partial charge in [0.25, 0.3) is 0 Å². The molecule has 0 aromatic heterocycles. The number of ether oxygens (including phenoxy) is 1. The molecule has 0 bridgehead atoms. The number of rotatable bonds is 3. The first-order chi connectivity index (χ1) is 8.36. The van der Waals surface area contributed by atoms with E-state index in [1.54, 1.807) is 0 Å². The Kier molecular flexibility index (Phi) is 5.38. The van der Waals surface area contributed by atoms with Gasteiger partial charge in [0, 0.05) is 0 Å². The van der Waals surface area contributed by atoms with E-state index in [2.05, 4.69) is 13.2 Å². The molecule has 0 aliphatic heterocycles. The van der Waals surface area contributed by atoms with Crippen LogP contribution in [0.25, 0.3) is 0 Å². The fraction of sp³-hybridized carbons (Fsp3) is 0.0667. The number of anilines is 1. The summed E-state index contributed by atoms with van der Waals surface area (Å²) in [6, 6.07) is 17.5. The molecule has 0 heterocycles. The van der Waals surface area contributed by atoms with E-state index in [0.29, 0.717) is 12.3 Å². The van der Waals surface area contributed by atoms with Crippen molar-refractivity contribution in [1.82, 2.24) is 0 Å². The highest BCUT2D eigenvalue weighted by molar-refractivity contribution is 5.51. The molecule has 0 radical (unpaired) electrons. The molecule has 17 heavy (non-hydrogen) atoms. The number of para-hydroxylation sites is 2. The summed E-state index contributed by atoms with van der Waals surface area (Å²) < 4.78 is 5.60. The minimum Gasteiger partial charge on any atom is -0.487 e. The molecule has 0 aliphatic carbocycles. The number of hydrogen-bond donors (Lipinski definition) is 1. The molecule has 0 saturated carbocycles. The molecule has 2 nitrogen and oxygen atoms in total. The highest BCUT2D eigenvalue weighted by Gasteiger charge is 1.98. The highest BCUT2D eigenvalue weighted by Crippen LogP contribution is 2.20. The smallest absolute Gasteiger partial charge is 0.142 e. The summed E-state index contributed by atoms with van der Waals surface area (Å²) in [7, 11) is 0. The Morgan fingerprint density at radius 2 is 1.47 bits per heavy atom. The van der Waals surface area contributed by atoms with Gasteiger partial charge in [-0.25, -0.2) is 0 Å². The third-order valence-electron chi connectivity index (χ3n) is 2.16. The van der Waals surface area contributed by atoms with Crippen molar-refractivity contribution in [3.63, 3.8) is 0 Å². The van der Waals surface area contributed by atoms with E-state index in [1.807, 2.05) is 54.6 Å². The van der Waals surface area contributed by atoms with Crippen molar-refractivity contribution >= 4 is 5.69 Å². The van der Waals surface area contributed by atoms with Crippen LogP contribution in [0.3, 0.4) is 0 Å². The van der Waals surface area contributed by atoms with Gasteiger partial charge in [0.2, 0.25) is 0 Å². The lowest BCUT2D eigenvalue weighted by molar-refractivity contribution is 0.308. The SMILES string of the molecule is C=C.Nc1ccccc1OCc1ccccc1.